The second-order valence-corrected chi connectivity index (χ2v) is 8.17. The molecule has 1 aromatic carbocycles. The Morgan fingerprint density at radius 2 is 2.00 bits per heavy atom. The van der Waals surface area contributed by atoms with E-state index >= 15 is 0 Å². The molecule has 2 rings (SSSR count). The van der Waals surface area contributed by atoms with E-state index in [2.05, 4.69) is 23.2 Å². The average Bonchev–Trinajstić information content (AvgIpc) is 2.65. The van der Waals surface area contributed by atoms with Crippen LogP contribution in [-0.2, 0) is 24.9 Å². The second-order valence-electron chi connectivity index (χ2n) is 5.88. The van der Waals surface area contributed by atoms with Crippen molar-refractivity contribution in [1.82, 2.24) is 0 Å². The van der Waals surface area contributed by atoms with Gasteiger partial charge in [0.2, 0.25) is 5.69 Å². The van der Waals surface area contributed by atoms with Gasteiger partial charge in [-0.1, -0.05) is 0 Å². The normalized spacial score (nSPS) is 16.0. The summed E-state index contributed by atoms with van der Waals surface area (Å²) in [6.45, 7) is 6.56. The van der Waals surface area contributed by atoms with Crippen LogP contribution in [0.2, 0.25) is 0 Å². The standard InChI is InChI=1S/C14H19NO6S2.K/c1-10-14(2,3)12-9-11(22-21-20-16)5-6-13(12)15(10)7-4-8-23(17,18)19;/h5-6,9H,4,7-8H2,1-3H3,(H-,16,17,18,19);/q;+1/p-1. The van der Waals surface area contributed by atoms with Crippen molar-refractivity contribution in [2.75, 3.05) is 12.3 Å². The summed E-state index contributed by atoms with van der Waals surface area (Å²) < 4.78 is 38.7. The van der Waals surface area contributed by atoms with E-state index in [1.165, 1.54) is 0 Å². The summed E-state index contributed by atoms with van der Waals surface area (Å²) in [5.41, 5.74) is 2.82. The van der Waals surface area contributed by atoms with E-state index in [1.807, 2.05) is 23.6 Å². The number of fused-ring (bicyclic) bond motifs is 1. The summed E-state index contributed by atoms with van der Waals surface area (Å²) in [4.78, 5) is 0.726. The molecule has 1 aromatic rings. The summed E-state index contributed by atoms with van der Waals surface area (Å²) in [5.74, 6) is -0.380. The van der Waals surface area contributed by atoms with Crippen molar-refractivity contribution in [3.63, 3.8) is 0 Å². The van der Waals surface area contributed by atoms with Crippen LogP contribution in [-0.4, -0.2) is 35.6 Å². The molecule has 128 valence electrons. The van der Waals surface area contributed by atoms with E-state index in [9.17, 15) is 18.2 Å². The topological polar surface area (TPSA) is 102 Å². The summed E-state index contributed by atoms with van der Waals surface area (Å²) in [7, 11) is -4.21. The third kappa shape index (κ3) is 5.33. The van der Waals surface area contributed by atoms with Crippen molar-refractivity contribution in [2.45, 2.75) is 37.5 Å². The maximum atomic E-state index is 10.8. The Morgan fingerprint density at radius 1 is 1.33 bits per heavy atom. The molecule has 10 heteroatoms. The van der Waals surface area contributed by atoms with Crippen molar-refractivity contribution in [3.8, 4) is 0 Å². The first-order valence-electron chi connectivity index (χ1n) is 6.99. The van der Waals surface area contributed by atoms with E-state index in [1.54, 1.807) is 6.07 Å². The smallest absolute Gasteiger partial charge is 0.748 e. The van der Waals surface area contributed by atoms with Gasteiger partial charge in [-0.05, 0) is 26.0 Å². The number of rotatable bonds is 7. The van der Waals surface area contributed by atoms with Crippen LogP contribution in [0, 0.1) is 0 Å². The Bertz CT molecular complexity index is 733. The molecule has 0 aromatic heterocycles. The predicted molar refractivity (Wildman–Crippen MR) is 82.1 cm³/mol. The number of benzene rings is 1. The van der Waals surface area contributed by atoms with Gasteiger partial charge in [0.15, 0.2) is 5.71 Å². The quantitative estimate of drug-likeness (QED) is 0.134. The Balaban J connectivity index is 0.00000288. The van der Waals surface area contributed by atoms with Crippen molar-refractivity contribution in [2.24, 2.45) is 0 Å². The molecule has 0 saturated carbocycles. The first-order chi connectivity index (χ1) is 10.7. The largest absolute Gasteiger partial charge is 1.00 e. The zero-order valence-electron chi connectivity index (χ0n) is 14.1. The fourth-order valence-electron chi connectivity index (χ4n) is 2.76. The minimum atomic E-state index is -4.21. The summed E-state index contributed by atoms with van der Waals surface area (Å²) in [6.07, 6.45) is 0.266. The number of hydrogen-bond acceptors (Lipinski definition) is 7. The van der Waals surface area contributed by atoms with Crippen molar-refractivity contribution in [3.05, 3.63) is 23.8 Å². The predicted octanol–water partition coefficient (Wildman–Crippen LogP) is -1.75. The molecule has 0 unspecified atom stereocenters. The van der Waals surface area contributed by atoms with Crippen LogP contribution in [0.5, 0.6) is 0 Å². The van der Waals surface area contributed by atoms with Gasteiger partial charge in [-0.25, -0.2) is 8.42 Å². The van der Waals surface area contributed by atoms with Crippen LogP contribution in [0.25, 0.3) is 0 Å². The van der Waals surface area contributed by atoms with E-state index in [0.29, 0.717) is 6.54 Å². The Morgan fingerprint density at radius 3 is 2.58 bits per heavy atom. The van der Waals surface area contributed by atoms with Gasteiger partial charge >= 0.3 is 51.4 Å². The van der Waals surface area contributed by atoms with Gasteiger partial charge in [0, 0.05) is 35.6 Å². The Hall–Kier alpha value is 0.666. The third-order valence-corrected chi connectivity index (χ3v) is 5.53. The molecule has 0 saturated heterocycles. The molecule has 0 atom stereocenters. The van der Waals surface area contributed by atoms with Crippen molar-refractivity contribution in [1.29, 1.82) is 0 Å². The average molecular weight is 400 g/mol. The zero-order valence-corrected chi connectivity index (χ0v) is 18.8. The van der Waals surface area contributed by atoms with Crippen LogP contribution in [0.1, 0.15) is 32.8 Å². The summed E-state index contributed by atoms with van der Waals surface area (Å²) >= 11 is 0.828. The van der Waals surface area contributed by atoms with Gasteiger partial charge in [0.25, 0.3) is 0 Å². The molecule has 1 aliphatic rings. The molecule has 0 radical (unpaired) electrons. The van der Waals surface area contributed by atoms with E-state index in [-0.39, 0.29) is 69.0 Å². The Labute approximate surface area is 188 Å². The van der Waals surface area contributed by atoms with Gasteiger partial charge in [0.05, 0.1) is 27.6 Å². The van der Waals surface area contributed by atoms with Crippen LogP contribution < -0.4 is 56.6 Å². The van der Waals surface area contributed by atoms with Gasteiger partial charge in [0.1, 0.15) is 6.54 Å². The molecule has 0 N–H and O–H groups in total. The molecule has 0 spiro atoms. The van der Waals surface area contributed by atoms with E-state index in [0.717, 1.165) is 33.9 Å². The van der Waals surface area contributed by atoms with Gasteiger partial charge in [-0.15, -0.1) is 0 Å². The monoisotopic (exact) mass is 399 g/mol. The minimum absolute atomic E-state index is 0. The van der Waals surface area contributed by atoms with Gasteiger partial charge in [-0.2, -0.15) is 8.91 Å². The zero-order chi connectivity index (χ0) is 17.3. The fraction of sp³-hybridized carbons (Fsp3) is 0.500. The maximum Gasteiger partial charge on any atom is 1.00 e. The van der Waals surface area contributed by atoms with Crippen LogP contribution in [0.3, 0.4) is 0 Å². The summed E-state index contributed by atoms with van der Waals surface area (Å²) in [5, 5.41) is 13.3. The fourth-order valence-corrected chi connectivity index (χ4v) is 3.64. The van der Waals surface area contributed by atoms with Crippen LogP contribution in [0.15, 0.2) is 23.1 Å². The SMILES string of the molecule is CC1=[N+](CCCS(=O)(=O)[O-])c2ccc(SOO[O-])cc2C1(C)C.[K+]. The molecule has 0 amide bonds. The minimum Gasteiger partial charge on any atom is -0.748 e. The third-order valence-electron chi connectivity index (χ3n) is 4.18. The number of nitrogens with zero attached hydrogens (tertiary/aromatic N) is 1. The first kappa shape index (κ1) is 22.7. The maximum absolute atomic E-state index is 10.8. The van der Waals surface area contributed by atoms with Crippen LogP contribution in [0.4, 0.5) is 5.69 Å². The van der Waals surface area contributed by atoms with Gasteiger partial charge in [-0.3, -0.25) is 5.04 Å². The van der Waals surface area contributed by atoms with E-state index < -0.39 is 10.1 Å². The molecule has 1 aliphatic heterocycles. The van der Waals surface area contributed by atoms with Crippen LogP contribution >= 0.6 is 12.0 Å². The van der Waals surface area contributed by atoms with E-state index in [4.69, 9.17) is 0 Å². The molecule has 0 bridgehead atoms. The number of hydrogen-bond donors (Lipinski definition) is 0. The van der Waals surface area contributed by atoms with Crippen molar-refractivity contribution < 1.29 is 83.6 Å². The Kier molecular flexibility index (Phi) is 8.56. The molecule has 0 aliphatic carbocycles. The molecule has 0 fully saturated rings. The first-order valence-corrected chi connectivity index (χ1v) is 9.31. The second kappa shape index (κ2) is 9.04. The molecular formula is C14H18KNO6S2. The molecule has 24 heavy (non-hydrogen) atoms. The summed E-state index contributed by atoms with van der Waals surface area (Å²) in [6, 6.07) is 5.58. The molecule has 1 heterocycles. The molecule has 7 nitrogen and oxygen atoms in total. The van der Waals surface area contributed by atoms with Gasteiger partial charge < -0.3 is 9.81 Å². The molecular weight excluding hydrogens is 381 g/mol. The van der Waals surface area contributed by atoms with Crippen molar-refractivity contribution >= 4 is 33.6 Å².